The van der Waals surface area contributed by atoms with Gasteiger partial charge in [-0.2, -0.15) is 13.2 Å². The number of halogens is 3. The minimum absolute atomic E-state index is 0.0678. The molecule has 1 unspecified atom stereocenters. The minimum atomic E-state index is -4.81. The van der Waals surface area contributed by atoms with E-state index in [2.05, 4.69) is 0 Å². The first kappa shape index (κ1) is 13.4. The predicted molar refractivity (Wildman–Crippen MR) is 46.6 cm³/mol. The molecule has 0 fully saturated rings. The largest absolute Gasteiger partial charge is 0.451 e. The van der Waals surface area contributed by atoms with Crippen molar-refractivity contribution in [1.29, 1.82) is 0 Å². The van der Waals surface area contributed by atoms with Crippen LogP contribution in [-0.2, 0) is 4.79 Å². The third-order valence-corrected chi connectivity index (χ3v) is 1.84. The summed E-state index contributed by atoms with van der Waals surface area (Å²) in [5, 5.41) is 0. The molecule has 3 nitrogen and oxygen atoms in total. The van der Waals surface area contributed by atoms with Crippen molar-refractivity contribution in [1.82, 2.24) is 0 Å². The SMILES string of the molecule is NCCCCCC(N)C(=O)C(F)(F)F. The summed E-state index contributed by atoms with van der Waals surface area (Å²) >= 11 is 0. The van der Waals surface area contributed by atoms with Crippen molar-refractivity contribution in [3.8, 4) is 0 Å². The lowest BCUT2D eigenvalue weighted by atomic mass is 10.1. The third kappa shape index (κ3) is 5.18. The van der Waals surface area contributed by atoms with Gasteiger partial charge in [0.1, 0.15) is 0 Å². The van der Waals surface area contributed by atoms with Crippen molar-refractivity contribution in [3.05, 3.63) is 0 Å². The lowest BCUT2D eigenvalue weighted by Crippen LogP contribution is -2.40. The summed E-state index contributed by atoms with van der Waals surface area (Å²) < 4.78 is 35.5. The molecule has 0 aromatic rings. The molecule has 0 radical (unpaired) electrons. The van der Waals surface area contributed by atoms with Crippen molar-refractivity contribution in [2.24, 2.45) is 11.5 Å². The first-order chi connectivity index (χ1) is 6.39. The second-order valence-electron chi connectivity index (χ2n) is 3.11. The molecule has 0 amide bonds. The fraction of sp³-hybridized carbons (Fsp3) is 0.875. The molecule has 0 heterocycles. The van der Waals surface area contributed by atoms with Gasteiger partial charge in [0.25, 0.3) is 5.78 Å². The van der Waals surface area contributed by atoms with E-state index in [1.807, 2.05) is 0 Å². The standard InChI is InChI=1S/C8H15F3N2O/c9-8(10,11)7(14)6(13)4-2-1-3-5-12/h6H,1-5,12-13H2. The van der Waals surface area contributed by atoms with Gasteiger partial charge < -0.3 is 11.5 Å². The molecule has 84 valence electrons. The lowest BCUT2D eigenvalue weighted by molar-refractivity contribution is -0.172. The van der Waals surface area contributed by atoms with Crippen LogP contribution in [0.15, 0.2) is 0 Å². The van der Waals surface area contributed by atoms with E-state index in [0.717, 1.165) is 6.42 Å². The first-order valence-electron chi connectivity index (χ1n) is 4.46. The number of carbonyl (C=O) groups excluding carboxylic acids is 1. The number of alkyl halides is 3. The van der Waals surface area contributed by atoms with Gasteiger partial charge in [-0.1, -0.05) is 12.8 Å². The van der Waals surface area contributed by atoms with Gasteiger partial charge >= 0.3 is 6.18 Å². The summed E-state index contributed by atoms with van der Waals surface area (Å²) in [4.78, 5) is 10.6. The Kier molecular flexibility index (Phi) is 5.71. The van der Waals surface area contributed by atoms with Gasteiger partial charge in [-0.3, -0.25) is 4.79 Å². The van der Waals surface area contributed by atoms with E-state index in [1.54, 1.807) is 0 Å². The zero-order chi connectivity index (χ0) is 11.2. The molecule has 14 heavy (non-hydrogen) atoms. The average Bonchev–Trinajstić information content (AvgIpc) is 2.09. The van der Waals surface area contributed by atoms with Crippen LogP contribution in [-0.4, -0.2) is 24.5 Å². The van der Waals surface area contributed by atoms with Crippen LogP contribution in [0.2, 0.25) is 0 Å². The van der Waals surface area contributed by atoms with Crippen LogP contribution in [0.1, 0.15) is 25.7 Å². The zero-order valence-electron chi connectivity index (χ0n) is 7.81. The fourth-order valence-electron chi connectivity index (χ4n) is 1.03. The maximum Gasteiger partial charge on any atom is 0.451 e. The van der Waals surface area contributed by atoms with Crippen LogP contribution < -0.4 is 11.5 Å². The van der Waals surface area contributed by atoms with Gasteiger partial charge in [-0.05, 0) is 19.4 Å². The van der Waals surface area contributed by atoms with Crippen LogP contribution in [0.4, 0.5) is 13.2 Å². The highest BCUT2D eigenvalue weighted by molar-refractivity contribution is 5.88. The topological polar surface area (TPSA) is 69.1 Å². The number of Topliss-reactive ketones (excluding diaryl/α,β-unsaturated/α-hetero) is 1. The second kappa shape index (κ2) is 5.98. The van der Waals surface area contributed by atoms with E-state index >= 15 is 0 Å². The number of carbonyl (C=O) groups is 1. The minimum Gasteiger partial charge on any atom is -0.330 e. The van der Waals surface area contributed by atoms with Crippen molar-refractivity contribution in [2.45, 2.75) is 37.9 Å². The quantitative estimate of drug-likeness (QED) is 0.644. The Hall–Kier alpha value is -0.620. The summed E-state index contributed by atoms with van der Waals surface area (Å²) in [6.07, 6.45) is -2.80. The fourth-order valence-corrected chi connectivity index (χ4v) is 1.03. The van der Waals surface area contributed by atoms with Crippen LogP contribution in [0.3, 0.4) is 0 Å². The van der Waals surface area contributed by atoms with Gasteiger partial charge in [0.2, 0.25) is 0 Å². The smallest absolute Gasteiger partial charge is 0.330 e. The number of unbranched alkanes of at least 4 members (excludes halogenated alkanes) is 2. The van der Waals surface area contributed by atoms with E-state index in [4.69, 9.17) is 11.5 Å². The Morgan fingerprint density at radius 1 is 1.21 bits per heavy atom. The number of hydrogen-bond acceptors (Lipinski definition) is 3. The summed E-state index contributed by atoms with van der Waals surface area (Å²) in [7, 11) is 0. The molecule has 0 aliphatic rings. The van der Waals surface area contributed by atoms with Crippen LogP contribution >= 0.6 is 0 Å². The molecule has 0 bridgehead atoms. The van der Waals surface area contributed by atoms with Crippen LogP contribution in [0.25, 0.3) is 0 Å². The third-order valence-electron chi connectivity index (χ3n) is 1.84. The molecule has 0 saturated carbocycles. The lowest BCUT2D eigenvalue weighted by Gasteiger charge is -2.12. The average molecular weight is 212 g/mol. The molecule has 6 heteroatoms. The van der Waals surface area contributed by atoms with Crippen LogP contribution in [0, 0.1) is 0 Å². The summed E-state index contributed by atoms with van der Waals surface area (Å²) in [5.41, 5.74) is 10.3. The Morgan fingerprint density at radius 2 is 1.79 bits per heavy atom. The van der Waals surface area contributed by atoms with Gasteiger partial charge in [0.05, 0.1) is 6.04 Å². The highest BCUT2D eigenvalue weighted by Crippen LogP contribution is 2.19. The molecule has 0 saturated heterocycles. The number of ketones is 1. The first-order valence-corrected chi connectivity index (χ1v) is 4.46. The maximum absolute atomic E-state index is 11.8. The van der Waals surface area contributed by atoms with Crippen molar-refractivity contribution < 1.29 is 18.0 Å². The molecule has 0 aliphatic carbocycles. The molecule has 0 spiro atoms. The van der Waals surface area contributed by atoms with Crippen LogP contribution in [0.5, 0.6) is 0 Å². The van der Waals surface area contributed by atoms with Crippen molar-refractivity contribution in [2.75, 3.05) is 6.54 Å². The molecule has 0 rings (SSSR count). The number of nitrogens with two attached hydrogens (primary N) is 2. The summed E-state index contributed by atoms with van der Waals surface area (Å²) in [6.45, 7) is 0.502. The Morgan fingerprint density at radius 3 is 2.21 bits per heavy atom. The molecule has 0 aromatic heterocycles. The number of hydrogen-bond donors (Lipinski definition) is 2. The maximum atomic E-state index is 11.8. The number of rotatable bonds is 6. The van der Waals surface area contributed by atoms with Gasteiger partial charge in [-0.25, -0.2) is 0 Å². The van der Waals surface area contributed by atoms with E-state index < -0.39 is 18.0 Å². The van der Waals surface area contributed by atoms with E-state index in [9.17, 15) is 18.0 Å². The Labute approximate surface area is 80.6 Å². The highest BCUT2D eigenvalue weighted by atomic mass is 19.4. The molecular formula is C8H15F3N2O. The second-order valence-corrected chi connectivity index (χ2v) is 3.11. The monoisotopic (exact) mass is 212 g/mol. The van der Waals surface area contributed by atoms with Crippen molar-refractivity contribution in [3.63, 3.8) is 0 Å². The molecule has 0 aliphatic heterocycles. The van der Waals surface area contributed by atoms with Crippen molar-refractivity contribution >= 4 is 5.78 Å². The Bertz CT molecular complexity index is 182. The highest BCUT2D eigenvalue weighted by Gasteiger charge is 2.41. The van der Waals surface area contributed by atoms with Gasteiger partial charge in [-0.15, -0.1) is 0 Å². The predicted octanol–water partition coefficient (Wildman–Crippen LogP) is 0.964. The summed E-state index contributed by atoms with van der Waals surface area (Å²) in [6, 6.07) is -1.42. The van der Waals surface area contributed by atoms with Gasteiger partial charge in [0.15, 0.2) is 0 Å². The normalized spacial score (nSPS) is 14.1. The molecule has 1 atom stereocenters. The van der Waals surface area contributed by atoms with E-state index in [-0.39, 0.29) is 6.42 Å². The zero-order valence-corrected chi connectivity index (χ0v) is 7.81. The molecule has 0 aromatic carbocycles. The Balaban J connectivity index is 3.74. The van der Waals surface area contributed by atoms with E-state index in [1.165, 1.54) is 0 Å². The van der Waals surface area contributed by atoms with E-state index in [0.29, 0.717) is 19.4 Å². The molecule has 4 N–H and O–H groups in total. The summed E-state index contributed by atoms with van der Waals surface area (Å²) in [5.74, 6) is -1.84. The van der Waals surface area contributed by atoms with Gasteiger partial charge in [0, 0.05) is 0 Å². The molecular weight excluding hydrogens is 197 g/mol.